The molecule has 0 aliphatic rings. The Balaban J connectivity index is 2.86. The molecule has 0 aliphatic heterocycles. The van der Waals surface area contributed by atoms with Crippen molar-refractivity contribution in [3.8, 4) is 28.4 Å². The number of aromatic amines is 1. The van der Waals surface area contributed by atoms with Gasteiger partial charge in [0.25, 0.3) is 0 Å². The smallest absolute Gasteiger partial charge is 0.355 e. The van der Waals surface area contributed by atoms with Crippen molar-refractivity contribution in [2.75, 3.05) is 27.9 Å². The highest BCUT2D eigenvalue weighted by Crippen LogP contribution is 2.46. The van der Waals surface area contributed by atoms with Crippen LogP contribution in [0.1, 0.15) is 40.4 Å². The standard InChI is InChI=1S/C19H24N2O6/c1-6-27-19(23)16-14(10(2)22)15(12(9-20)21-16)11-7-8-13(24-3)18(26-5)17(11)25-4/h7-8,21H,6,9,20H2,1-5H3. The molecule has 8 nitrogen and oxygen atoms in total. The number of esters is 1. The Morgan fingerprint density at radius 3 is 2.22 bits per heavy atom. The van der Waals surface area contributed by atoms with Gasteiger partial charge in [-0.3, -0.25) is 4.79 Å². The highest BCUT2D eigenvalue weighted by Gasteiger charge is 2.29. The molecular weight excluding hydrogens is 352 g/mol. The summed E-state index contributed by atoms with van der Waals surface area (Å²) in [5.74, 6) is 0.277. The summed E-state index contributed by atoms with van der Waals surface area (Å²) in [5, 5.41) is 0. The highest BCUT2D eigenvalue weighted by atomic mass is 16.5. The summed E-state index contributed by atoms with van der Waals surface area (Å²) in [6.07, 6.45) is 0. The van der Waals surface area contributed by atoms with Crippen LogP contribution >= 0.6 is 0 Å². The predicted octanol–water partition coefficient (Wildman–Crippen LogP) is 2.55. The van der Waals surface area contributed by atoms with Crippen molar-refractivity contribution < 1.29 is 28.5 Å². The zero-order valence-corrected chi connectivity index (χ0v) is 16.1. The Morgan fingerprint density at radius 1 is 1.07 bits per heavy atom. The number of ketones is 1. The molecule has 0 saturated heterocycles. The minimum absolute atomic E-state index is 0.0663. The summed E-state index contributed by atoms with van der Waals surface area (Å²) in [5.41, 5.74) is 7.67. The van der Waals surface area contributed by atoms with Gasteiger partial charge in [-0.15, -0.1) is 0 Å². The van der Waals surface area contributed by atoms with Crippen LogP contribution in [-0.2, 0) is 11.3 Å². The lowest BCUT2D eigenvalue weighted by Gasteiger charge is -2.17. The van der Waals surface area contributed by atoms with Gasteiger partial charge in [0, 0.05) is 23.4 Å². The molecule has 27 heavy (non-hydrogen) atoms. The van der Waals surface area contributed by atoms with Crippen LogP contribution in [0.5, 0.6) is 17.2 Å². The van der Waals surface area contributed by atoms with Crippen molar-refractivity contribution in [1.82, 2.24) is 4.98 Å². The Kier molecular flexibility index (Phi) is 6.46. The lowest BCUT2D eigenvalue weighted by atomic mass is 9.96. The monoisotopic (exact) mass is 376 g/mol. The molecule has 2 aromatic rings. The van der Waals surface area contributed by atoms with Gasteiger partial charge >= 0.3 is 5.97 Å². The molecular formula is C19H24N2O6. The number of nitrogens with one attached hydrogen (secondary N) is 1. The minimum atomic E-state index is -0.622. The summed E-state index contributed by atoms with van der Waals surface area (Å²) in [6, 6.07) is 3.42. The van der Waals surface area contributed by atoms with Gasteiger partial charge in [-0.1, -0.05) is 0 Å². The number of hydrogen-bond acceptors (Lipinski definition) is 7. The van der Waals surface area contributed by atoms with E-state index in [9.17, 15) is 9.59 Å². The number of methoxy groups -OCH3 is 3. The molecule has 0 atom stereocenters. The van der Waals surface area contributed by atoms with Gasteiger partial charge in [-0.05, 0) is 26.0 Å². The molecule has 0 unspecified atom stereocenters. The number of carbonyl (C=O) groups excluding carboxylic acids is 2. The van der Waals surface area contributed by atoms with Crippen molar-refractivity contribution in [2.45, 2.75) is 20.4 Å². The van der Waals surface area contributed by atoms with Gasteiger partial charge in [-0.25, -0.2) is 4.79 Å². The zero-order valence-electron chi connectivity index (χ0n) is 16.1. The zero-order chi connectivity index (χ0) is 20.1. The third kappa shape index (κ3) is 3.61. The Morgan fingerprint density at radius 2 is 1.74 bits per heavy atom. The first-order valence-electron chi connectivity index (χ1n) is 8.37. The van der Waals surface area contributed by atoms with Crippen molar-refractivity contribution >= 4 is 11.8 Å². The summed E-state index contributed by atoms with van der Waals surface area (Å²) in [7, 11) is 4.48. The lowest BCUT2D eigenvalue weighted by Crippen LogP contribution is -2.10. The molecule has 0 fully saturated rings. The van der Waals surface area contributed by atoms with Crippen molar-refractivity contribution in [3.63, 3.8) is 0 Å². The maximum atomic E-state index is 12.4. The van der Waals surface area contributed by atoms with E-state index in [2.05, 4.69) is 4.98 Å². The third-order valence-electron chi connectivity index (χ3n) is 4.09. The molecule has 0 radical (unpaired) electrons. The molecule has 0 bridgehead atoms. The number of carbonyl (C=O) groups is 2. The van der Waals surface area contributed by atoms with Gasteiger partial charge in [0.05, 0.1) is 33.5 Å². The summed E-state index contributed by atoms with van der Waals surface area (Å²) in [4.78, 5) is 27.7. The van der Waals surface area contributed by atoms with E-state index in [-0.39, 0.29) is 30.2 Å². The van der Waals surface area contributed by atoms with Gasteiger partial charge in [0.1, 0.15) is 5.69 Å². The number of rotatable bonds is 8. The number of benzene rings is 1. The first-order chi connectivity index (χ1) is 12.9. The first-order valence-corrected chi connectivity index (χ1v) is 8.37. The summed E-state index contributed by atoms with van der Waals surface area (Å²) in [6.45, 7) is 3.33. The summed E-state index contributed by atoms with van der Waals surface area (Å²) >= 11 is 0. The average molecular weight is 376 g/mol. The van der Waals surface area contributed by atoms with Crippen LogP contribution in [0.25, 0.3) is 11.1 Å². The normalized spacial score (nSPS) is 10.4. The summed E-state index contributed by atoms with van der Waals surface area (Å²) < 4.78 is 21.3. The number of aromatic nitrogens is 1. The fourth-order valence-electron chi connectivity index (χ4n) is 3.01. The maximum Gasteiger partial charge on any atom is 0.355 e. The van der Waals surface area contributed by atoms with E-state index in [0.29, 0.717) is 34.1 Å². The van der Waals surface area contributed by atoms with Crippen LogP contribution in [0.2, 0.25) is 0 Å². The lowest BCUT2D eigenvalue weighted by molar-refractivity contribution is 0.0517. The number of ether oxygens (including phenoxy) is 4. The van der Waals surface area contributed by atoms with Crippen molar-refractivity contribution in [3.05, 3.63) is 29.1 Å². The maximum absolute atomic E-state index is 12.4. The fraction of sp³-hybridized carbons (Fsp3) is 0.368. The second kappa shape index (κ2) is 8.59. The fourth-order valence-corrected chi connectivity index (χ4v) is 3.01. The molecule has 1 aromatic heterocycles. The number of H-pyrrole nitrogens is 1. The van der Waals surface area contributed by atoms with E-state index < -0.39 is 5.97 Å². The Hall–Kier alpha value is -3.00. The first kappa shape index (κ1) is 20.3. The molecule has 8 heteroatoms. The van der Waals surface area contributed by atoms with E-state index in [0.717, 1.165) is 0 Å². The predicted molar refractivity (Wildman–Crippen MR) is 99.7 cm³/mol. The van der Waals surface area contributed by atoms with E-state index in [4.69, 9.17) is 24.7 Å². The van der Waals surface area contributed by atoms with Gasteiger partial charge < -0.3 is 29.7 Å². The van der Waals surface area contributed by atoms with E-state index >= 15 is 0 Å². The topological polar surface area (TPSA) is 113 Å². The molecule has 0 aliphatic carbocycles. The van der Waals surface area contributed by atoms with Crippen molar-refractivity contribution in [2.24, 2.45) is 5.73 Å². The van der Waals surface area contributed by atoms with Crippen LogP contribution in [-0.4, -0.2) is 44.7 Å². The van der Waals surface area contributed by atoms with Gasteiger partial charge in [0.15, 0.2) is 17.3 Å². The third-order valence-corrected chi connectivity index (χ3v) is 4.09. The van der Waals surface area contributed by atoms with Crippen LogP contribution in [0.4, 0.5) is 0 Å². The number of nitrogens with two attached hydrogens (primary N) is 1. The van der Waals surface area contributed by atoms with E-state index in [1.165, 1.54) is 28.3 Å². The van der Waals surface area contributed by atoms with Crippen molar-refractivity contribution in [1.29, 1.82) is 0 Å². The Bertz CT molecular complexity index is 856. The molecule has 0 spiro atoms. The second-order valence-electron chi connectivity index (χ2n) is 5.59. The molecule has 1 aromatic carbocycles. The van der Waals surface area contributed by atoms with Crippen LogP contribution < -0.4 is 19.9 Å². The SMILES string of the molecule is CCOC(=O)c1[nH]c(CN)c(-c2ccc(OC)c(OC)c2OC)c1C(C)=O. The number of Topliss-reactive ketones (excluding diaryl/α,β-unsaturated/α-hetero) is 1. The second-order valence-corrected chi connectivity index (χ2v) is 5.59. The minimum Gasteiger partial charge on any atom is -0.493 e. The highest BCUT2D eigenvalue weighted by molar-refractivity contribution is 6.10. The van der Waals surface area contributed by atoms with Crippen LogP contribution in [0.15, 0.2) is 12.1 Å². The van der Waals surface area contributed by atoms with Gasteiger partial charge in [-0.2, -0.15) is 0 Å². The van der Waals surface area contributed by atoms with Crippen LogP contribution in [0, 0.1) is 0 Å². The number of hydrogen-bond donors (Lipinski definition) is 2. The quantitative estimate of drug-likeness (QED) is 0.538. The molecule has 0 amide bonds. The molecule has 146 valence electrons. The molecule has 2 rings (SSSR count). The largest absolute Gasteiger partial charge is 0.493 e. The Labute approximate surface area is 157 Å². The average Bonchev–Trinajstić information content (AvgIpc) is 3.06. The van der Waals surface area contributed by atoms with Crippen LogP contribution in [0.3, 0.4) is 0 Å². The molecule has 3 N–H and O–H groups in total. The van der Waals surface area contributed by atoms with E-state index in [1.807, 2.05) is 0 Å². The molecule has 0 saturated carbocycles. The van der Waals surface area contributed by atoms with E-state index in [1.54, 1.807) is 19.1 Å². The molecule has 1 heterocycles. The van der Waals surface area contributed by atoms with Gasteiger partial charge in [0.2, 0.25) is 5.75 Å².